The van der Waals surface area contributed by atoms with Crippen molar-refractivity contribution in [3.8, 4) is 0 Å². The average molecular weight is 166 g/mol. The standard InChI is InChI=1S/C8H8NO3/c10-9(11)7-12-6-8-4-2-1-3-5-8/h1-6H,7H2. The number of nitro groups is 1. The van der Waals surface area contributed by atoms with Crippen LogP contribution >= 0.6 is 0 Å². The zero-order valence-corrected chi connectivity index (χ0v) is 6.34. The minimum atomic E-state index is -0.528. The molecule has 1 radical (unpaired) electrons. The minimum absolute atomic E-state index is 0.491. The van der Waals surface area contributed by atoms with Crippen molar-refractivity contribution in [2.45, 2.75) is 0 Å². The molecule has 63 valence electrons. The Hall–Kier alpha value is -1.42. The Labute approximate surface area is 69.9 Å². The first-order valence-corrected chi connectivity index (χ1v) is 3.41. The third-order valence-electron chi connectivity index (χ3n) is 1.20. The van der Waals surface area contributed by atoms with Gasteiger partial charge in [-0.15, -0.1) is 0 Å². The molecule has 0 saturated heterocycles. The van der Waals surface area contributed by atoms with Crippen LogP contribution < -0.4 is 0 Å². The Morgan fingerprint density at radius 2 is 2.08 bits per heavy atom. The maximum atomic E-state index is 9.85. The summed E-state index contributed by atoms with van der Waals surface area (Å²) >= 11 is 0. The van der Waals surface area contributed by atoms with Crippen LogP contribution in [0.3, 0.4) is 0 Å². The van der Waals surface area contributed by atoms with Crippen molar-refractivity contribution >= 4 is 0 Å². The lowest BCUT2D eigenvalue weighted by Crippen LogP contribution is -2.03. The normalized spacial score (nSPS) is 9.67. The Morgan fingerprint density at radius 1 is 1.42 bits per heavy atom. The van der Waals surface area contributed by atoms with Crippen molar-refractivity contribution in [1.82, 2.24) is 0 Å². The highest BCUT2D eigenvalue weighted by Gasteiger charge is 1.96. The van der Waals surface area contributed by atoms with Crippen LogP contribution in [-0.2, 0) is 4.74 Å². The second kappa shape index (κ2) is 4.46. The van der Waals surface area contributed by atoms with E-state index in [1.165, 1.54) is 6.61 Å². The summed E-state index contributed by atoms with van der Waals surface area (Å²) in [4.78, 5) is 9.32. The molecule has 0 saturated carbocycles. The summed E-state index contributed by atoms with van der Waals surface area (Å²) in [6.07, 6.45) is 0. The van der Waals surface area contributed by atoms with E-state index in [0.29, 0.717) is 0 Å². The molecule has 4 nitrogen and oxygen atoms in total. The van der Waals surface area contributed by atoms with E-state index in [0.717, 1.165) is 5.56 Å². The molecule has 0 N–H and O–H groups in total. The number of ether oxygens (including phenoxy) is 1. The molecule has 1 aromatic rings. The van der Waals surface area contributed by atoms with Crippen LogP contribution in [0.4, 0.5) is 0 Å². The van der Waals surface area contributed by atoms with E-state index in [-0.39, 0.29) is 0 Å². The highest BCUT2D eigenvalue weighted by atomic mass is 16.7. The van der Waals surface area contributed by atoms with Crippen LogP contribution in [0.5, 0.6) is 0 Å². The molecule has 0 spiro atoms. The first kappa shape index (κ1) is 8.67. The minimum Gasteiger partial charge on any atom is -0.308 e. The number of hydrogen-bond donors (Lipinski definition) is 0. The Morgan fingerprint density at radius 3 is 2.67 bits per heavy atom. The fourth-order valence-corrected chi connectivity index (χ4v) is 0.726. The van der Waals surface area contributed by atoms with Gasteiger partial charge < -0.3 is 4.74 Å². The van der Waals surface area contributed by atoms with Gasteiger partial charge in [-0.3, -0.25) is 10.1 Å². The third-order valence-corrected chi connectivity index (χ3v) is 1.20. The lowest BCUT2D eigenvalue weighted by molar-refractivity contribution is -0.522. The molecule has 0 fully saturated rings. The molecule has 1 rings (SSSR count). The van der Waals surface area contributed by atoms with E-state index in [1.807, 2.05) is 18.2 Å². The number of nitrogens with zero attached hydrogens (tertiary/aromatic N) is 1. The second-order valence-corrected chi connectivity index (χ2v) is 2.16. The van der Waals surface area contributed by atoms with Crippen LogP contribution in [0.25, 0.3) is 0 Å². The van der Waals surface area contributed by atoms with Gasteiger partial charge in [0.2, 0.25) is 0 Å². The molecule has 12 heavy (non-hydrogen) atoms. The van der Waals surface area contributed by atoms with Crippen molar-refractivity contribution in [2.75, 3.05) is 6.73 Å². The molecule has 0 amide bonds. The topological polar surface area (TPSA) is 52.4 Å². The lowest BCUT2D eigenvalue weighted by Gasteiger charge is -1.97. The molecule has 0 aliphatic heterocycles. The first-order chi connectivity index (χ1) is 5.79. The molecular weight excluding hydrogens is 158 g/mol. The van der Waals surface area contributed by atoms with Crippen molar-refractivity contribution in [2.24, 2.45) is 0 Å². The van der Waals surface area contributed by atoms with Crippen molar-refractivity contribution in [3.05, 3.63) is 52.6 Å². The van der Waals surface area contributed by atoms with E-state index in [2.05, 4.69) is 4.74 Å². The second-order valence-electron chi connectivity index (χ2n) is 2.16. The predicted octanol–water partition coefficient (Wildman–Crippen LogP) is 1.45. The first-order valence-electron chi connectivity index (χ1n) is 3.41. The van der Waals surface area contributed by atoms with E-state index in [9.17, 15) is 10.1 Å². The monoisotopic (exact) mass is 166 g/mol. The summed E-state index contributed by atoms with van der Waals surface area (Å²) in [5.41, 5.74) is 0.819. The number of rotatable bonds is 4. The summed E-state index contributed by atoms with van der Waals surface area (Å²) in [6, 6.07) is 9.15. The van der Waals surface area contributed by atoms with Gasteiger partial charge in [-0.25, -0.2) is 0 Å². The van der Waals surface area contributed by atoms with Crippen molar-refractivity contribution in [3.63, 3.8) is 0 Å². The van der Waals surface area contributed by atoms with E-state index >= 15 is 0 Å². The van der Waals surface area contributed by atoms with Crippen molar-refractivity contribution in [1.29, 1.82) is 0 Å². The van der Waals surface area contributed by atoms with E-state index in [1.54, 1.807) is 12.1 Å². The Bertz CT molecular complexity index is 248. The predicted molar refractivity (Wildman–Crippen MR) is 42.8 cm³/mol. The average Bonchev–Trinajstić information content (AvgIpc) is 2.05. The van der Waals surface area contributed by atoms with Gasteiger partial charge in [0.1, 0.15) is 6.61 Å². The van der Waals surface area contributed by atoms with Crippen LogP contribution in [-0.4, -0.2) is 11.7 Å². The Balaban J connectivity index is 2.29. The van der Waals surface area contributed by atoms with Gasteiger partial charge in [0.15, 0.2) is 0 Å². The molecule has 4 heteroatoms. The van der Waals surface area contributed by atoms with Crippen LogP contribution in [0, 0.1) is 16.7 Å². The van der Waals surface area contributed by atoms with Crippen LogP contribution in [0.2, 0.25) is 0 Å². The summed E-state index contributed by atoms with van der Waals surface area (Å²) in [5, 5.41) is 9.85. The zero-order chi connectivity index (χ0) is 8.81. The van der Waals surface area contributed by atoms with Gasteiger partial charge >= 0.3 is 6.73 Å². The molecular formula is C8H8NO3. The maximum Gasteiger partial charge on any atom is 0.306 e. The summed E-state index contributed by atoms with van der Waals surface area (Å²) in [7, 11) is 0. The lowest BCUT2D eigenvalue weighted by atomic mass is 10.2. The van der Waals surface area contributed by atoms with E-state index in [4.69, 9.17) is 0 Å². The molecule has 0 aromatic heterocycles. The number of benzene rings is 1. The summed E-state index contributed by atoms with van der Waals surface area (Å²) in [6.45, 7) is 0.873. The summed E-state index contributed by atoms with van der Waals surface area (Å²) < 4.78 is 4.66. The zero-order valence-electron chi connectivity index (χ0n) is 6.34. The molecule has 1 aromatic carbocycles. The molecule has 0 aliphatic rings. The van der Waals surface area contributed by atoms with E-state index < -0.39 is 11.7 Å². The quantitative estimate of drug-likeness (QED) is 0.386. The highest BCUT2D eigenvalue weighted by molar-refractivity contribution is 5.19. The van der Waals surface area contributed by atoms with Gasteiger partial charge in [-0.2, -0.15) is 0 Å². The van der Waals surface area contributed by atoms with Gasteiger partial charge in [0.05, 0.1) is 0 Å². The van der Waals surface area contributed by atoms with Gasteiger partial charge in [0, 0.05) is 4.92 Å². The maximum absolute atomic E-state index is 9.85. The molecule has 0 unspecified atom stereocenters. The molecule has 0 atom stereocenters. The largest absolute Gasteiger partial charge is 0.308 e. The molecule has 0 aliphatic carbocycles. The molecule has 0 heterocycles. The summed E-state index contributed by atoms with van der Waals surface area (Å²) in [5.74, 6) is 0. The fourth-order valence-electron chi connectivity index (χ4n) is 0.726. The fraction of sp³-hybridized carbons (Fsp3) is 0.125. The van der Waals surface area contributed by atoms with Gasteiger partial charge in [-0.1, -0.05) is 30.3 Å². The van der Waals surface area contributed by atoms with Gasteiger partial charge in [-0.05, 0) is 5.56 Å². The molecule has 0 bridgehead atoms. The van der Waals surface area contributed by atoms with Crippen LogP contribution in [0.15, 0.2) is 30.3 Å². The van der Waals surface area contributed by atoms with Crippen molar-refractivity contribution < 1.29 is 9.66 Å². The van der Waals surface area contributed by atoms with Gasteiger partial charge in [0.25, 0.3) is 0 Å². The number of hydrogen-bond acceptors (Lipinski definition) is 3. The Kier molecular flexibility index (Phi) is 3.22. The highest BCUT2D eigenvalue weighted by Crippen LogP contribution is 2.01. The van der Waals surface area contributed by atoms with Crippen LogP contribution in [0.1, 0.15) is 5.56 Å². The SMILES string of the molecule is O=[N+]([O-])CO[CH]c1ccccc1. The third kappa shape index (κ3) is 3.12. The smallest absolute Gasteiger partial charge is 0.306 e.